The Bertz CT molecular complexity index is 575. The number of aliphatic hydroxyl groups is 1. The third kappa shape index (κ3) is 5.21. The first-order chi connectivity index (χ1) is 9.81. The van der Waals surface area contributed by atoms with Crippen LogP contribution < -0.4 is 10.5 Å². The lowest BCUT2D eigenvalue weighted by atomic mass is 10.0. The van der Waals surface area contributed by atoms with Crippen molar-refractivity contribution in [1.82, 2.24) is 4.72 Å². The highest BCUT2D eigenvalue weighted by Gasteiger charge is 2.21. The zero-order valence-electron chi connectivity index (χ0n) is 11.8. The molecule has 120 valence electrons. The molecule has 0 bridgehead atoms. The van der Waals surface area contributed by atoms with Crippen LogP contribution in [0.4, 0.5) is 10.1 Å². The summed E-state index contributed by atoms with van der Waals surface area (Å²) in [5, 5.41) is 8.96. The van der Waals surface area contributed by atoms with Gasteiger partial charge in [-0.1, -0.05) is 13.3 Å². The first-order valence-corrected chi connectivity index (χ1v) is 8.94. The van der Waals surface area contributed by atoms with Gasteiger partial charge in [0.1, 0.15) is 10.7 Å². The molecule has 0 aliphatic carbocycles. The normalized spacial score (nSPS) is 13.3. The fraction of sp³-hybridized carbons (Fsp3) is 0.538. The molecular weight excluding hydrogens is 363 g/mol. The van der Waals surface area contributed by atoms with E-state index in [1.54, 1.807) is 0 Å². The molecule has 0 aliphatic rings. The average molecular weight is 383 g/mol. The summed E-state index contributed by atoms with van der Waals surface area (Å²) in [6.07, 6.45) is 2.17. The van der Waals surface area contributed by atoms with E-state index in [-0.39, 0.29) is 24.8 Å². The minimum atomic E-state index is -3.97. The van der Waals surface area contributed by atoms with Crippen molar-refractivity contribution in [2.24, 2.45) is 5.92 Å². The van der Waals surface area contributed by atoms with E-state index < -0.39 is 20.7 Å². The molecule has 1 unspecified atom stereocenters. The van der Waals surface area contributed by atoms with Crippen molar-refractivity contribution in [2.75, 3.05) is 18.9 Å². The Morgan fingerprint density at radius 3 is 2.67 bits per heavy atom. The Balaban J connectivity index is 2.89. The van der Waals surface area contributed by atoms with E-state index in [0.717, 1.165) is 25.0 Å². The molecule has 0 spiro atoms. The van der Waals surface area contributed by atoms with Crippen molar-refractivity contribution in [3.63, 3.8) is 0 Å². The number of rotatable bonds is 8. The Labute approximate surface area is 132 Å². The smallest absolute Gasteiger partial charge is 0.243 e. The maximum atomic E-state index is 13.8. The maximum absolute atomic E-state index is 13.8. The molecule has 0 fully saturated rings. The van der Waals surface area contributed by atoms with Gasteiger partial charge in [-0.15, -0.1) is 0 Å². The Morgan fingerprint density at radius 2 is 2.10 bits per heavy atom. The van der Waals surface area contributed by atoms with Crippen LogP contribution in [-0.2, 0) is 10.0 Å². The molecule has 8 heteroatoms. The van der Waals surface area contributed by atoms with E-state index in [4.69, 9.17) is 10.8 Å². The first kappa shape index (κ1) is 18.3. The van der Waals surface area contributed by atoms with Crippen LogP contribution in [0.5, 0.6) is 0 Å². The van der Waals surface area contributed by atoms with Crippen LogP contribution in [0.25, 0.3) is 0 Å². The standard InChI is InChI=1S/C13H20BrFN2O3S/c1-2-3-9(4-5-18)8-17-21(19,20)13-7-12(16)10(14)6-11(13)15/h6-7,9,17-18H,2-5,8,16H2,1H3. The topological polar surface area (TPSA) is 92.4 Å². The van der Waals surface area contributed by atoms with Crippen LogP contribution in [0.15, 0.2) is 21.5 Å². The first-order valence-electron chi connectivity index (χ1n) is 6.66. The largest absolute Gasteiger partial charge is 0.398 e. The number of nitrogens with two attached hydrogens (primary N) is 1. The van der Waals surface area contributed by atoms with Gasteiger partial charge in [-0.25, -0.2) is 17.5 Å². The maximum Gasteiger partial charge on any atom is 0.243 e. The summed E-state index contributed by atoms with van der Waals surface area (Å²) < 4.78 is 40.8. The number of hydrogen-bond donors (Lipinski definition) is 3. The number of sulfonamides is 1. The lowest BCUT2D eigenvalue weighted by Gasteiger charge is -2.16. The van der Waals surface area contributed by atoms with E-state index in [9.17, 15) is 12.8 Å². The van der Waals surface area contributed by atoms with Crippen LogP contribution in [0.1, 0.15) is 26.2 Å². The highest BCUT2D eigenvalue weighted by Crippen LogP contribution is 2.26. The second-order valence-corrected chi connectivity index (χ2v) is 7.41. The second kappa shape index (κ2) is 8.07. The van der Waals surface area contributed by atoms with Gasteiger partial charge in [0.05, 0.1) is 0 Å². The summed E-state index contributed by atoms with van der Waals surface area (Å²) in [6, 6.07) is 2.11. The van der Waals surface area contributed by atoms with Gasteiger partial charge < -0.3 is 10.8 Å². The minimum absolute atomic E-state index is 0.00795. The molecular formula is C13H20BrFN2O3S. The zero-order valence-corrected chi connectivity index (χ0v) is 14.2. The summed E-state index contributed by atoms with van der Waals surface area (Å²) in [6.45, 7) is 2.13. The van der Waals surface area contributed by atoms with Gasteiger partial charge in [-0.05, 0) is 46.8 Å². The van der Waals surface area contributed by atoms with Crippen LogP contribution in [0.3, 0.4) is 0 Å². The Morgan fingerprint density at radius 1 is 1.43 bits per heavy atom. The number of benzene rings is 1. The molecule has 0 aromatic heterocycles. The van der Waals surface area contributed by atoms with Crippen molar-refractivity contribution in [3.8, 4) is 0 Å². The van der Waals surface area contributed by atoms with E-state index in [1.807, 2.05) is 6.92 Å². The molecule has 0 heterocycles. The summed E-state index contributed by atoms with van der Waals surface area (Å²) in [5.74, 6) is -0.844. The fourth-order valence-electron chi connectivity index (χ4n) is 2.00. The quantitative estimate of drug-likeness (QED) is 0.601. The lowest BCUT2D eigenvalue weighted by Crippen LogP contribution is -2.30. The molecule has 0 radical (unpaired) electrons. The highest BCUT2D eigenvalue weighted by atomic mass is 79.9. The second-order valence-electron chi connectivity index (χ2n) is 4.82. The molecule has 1 atom stereocenters. The molecule has 0 saturated heterocycles. The lowest BCUT2D eigenvalue weighted by molar-refractivity contribution is 0.251. The van der Waals surface area contributed by atoms with Gasteiger partial charge in [-0.3, -0.25) is 0 Å². The van der Waals surface area contributed by atoms with Crippen LogP contribution >= 0.6 is 15.9 Å². The number of hydrogen-bond acceptors (Lipinski definition) is 4. The van der Waals surface area contributed by atoms with E-state index in [1.165, 1.54) is 0 Å². The van der Waals surface area contributed by atoms with Gasteiger partial charge in [0, 0.05) is 23.3 Å². The van der Waals surface area contributed by atoms with Crippen molar-refractivity contribution in [1.29, 1.82) is 0 Å². The highest BCUT2D eigenvalue weighted by molar-refractivity contribution is 9.10. The van der Waals surface area contributed by atoms with E-state index in [0.29, 0.717) is 10.9 Å². The van der Waals surface area contributed by atoms with Crippen molar-refractivity contribution in [2.45, 2.75) is 31.1 Å². The van der Waals surface area contributed by atoms with Gasteiger partial charge >= 0.3 is 0 Å². The van der Waals surface area contributed by atoms with Crippen LogP contribution in [0.2, 0.25) is 0 Å². The molecule has 1 aromatic carbocycles. The summed E-state index contributed by atoms with van der Waals surface area (Å²) in [7, 11) is -3.97. The van der Waals surface area contributed by atoms with Gasteiger partial charge in [0.15, 0.2) is 0 Å². The van der Waals surface area contributed by atoms with Crippen LogP contribution in [-0.4, -0.2) is 26.7 Å². The van der Waals surface area contributed by atoms with Gasteiger partial charge in [0.2, 0.25) is 10.0 Å². The molecule has 5 nitrogen and oxygen atoms in total. The van der Waals surface area contributed by atoms with Gasteiger partial charge in [-0.2, -0.15) is 0 Å². The molecule has 21 heavy (non-hydrogen) atoms. The molecule has 1 rings (SSSR count). The van der Waals surface area contributed by atoms with E-state index >= 15 is 0 Å². The minimum Gasteiger partial charge on any atom is -0.398 e. The number of nitrogen functional groups attached to an aromatic ring is 1. The molecule has 4 N–H and O–H groups in total. The molecule has 0 aliphatic heterocycles. The number of anilines is 1. The van der Waals surface area contributed by atoms with Crippen molar-refractivity contribution in [3.05, 3.63) is 22.4 Å². The SMILES string of the molecule is CCCC(CCO)CNS(=O)(=O)c1cc(N)c(Br)cc1F. The van der Waals surface area contributed by atoms with Crippen LogP contribution in [0, 0.1) is 11.7 Å². The summed E-state index contributed by atoms with van der Waals surface area (Å²) >= 11 is 3.04. The summed E-state index contributed by atoms with van der Waals surface area (Å²) in [5.41, 5.74) is 5.75. The summed E-state index contributed by atoms with van der Waals surface area (Å²) in [4.78, 5) is -0.470. The molecule has 1 aromatic rings. The zero-order chi connectivity index (χ0) is 16.0. The third-order valence-corrected chi connectivity index (χ3v) is 5.26. The molecule has 0 amide bonds. The number of aliphatic hydroxyl groups excluding tert-OH is 1. The number of halogens is 2. The Kier molecular flexibility index (Phi) is 7.05. The average Bonchev–Trinajstić information content (AvgIpc) is 2.40. The number of nitrogens with one attached hydrogen (secondary N) is 1. The molecule has 0 saturated carbocycles. The predicted molar refractivity (Wildman–Crippen MR) is 83.8 cm³/mol. The third-order valence-electron chi connectivity index (χ3n) is 3.14. The van der Waals surface area contributed by atoms with Gasteiger partial charge in [0.25, 0.3) is 0 Å². The monoisotopic (exact) mass is 382 g/mol. The van der Waals surface area contributed by atoms with E-state index in [2.05, 4.69) is 20.7 Å². The predicted octanol–water partition coefficient (Wildman–Crippen LogP) is 2.25. The van der Waals surface area contributed by atoms with Crippen molar-refractivity contribution >= 4 is 31.6 Å². The Hall–Kier alpha value is -0.700. The fourth-order valence-corrected chi connectivity index (χ4v) is 3.52. The van der Waals surface area contributed by atoms with Crippen molar-refractivity contribution < 1.29 is 17.9 Å².